The maximum absolute atomic E-state index is 13.0. The SMILES string of the molecule is NC(=O)c1ccc(Cc2ccccc2Cl)nc1Oc1ccc(F)cc1. The molecular formula is C19H14ClFN2O2. The van der Waals surface area contributed by atoms with Crippen molar-refractivity contribution in [3.63, 3.8) is 0 Å². The standard InChI is InChI=1S/C19H14ClFN2O2/c20-17-4-2-1-3-12(17)11-14-7-10-16(18(22)24)19(23-14)25-15-8-5-13(21)6-9-15/h1-10H,11H2,(H2,22,24). The number of halogens is 2. The van der Waals surface area contributed by atoms with Gasteiger partial charge in [0, 0.05) is 17.1 Å². The third-order valence-electron chi connectivity index (χ3n) is 3.54. The second-order valence-corrected chi connectivity index (χ2v) is 5.75. The summed E-state index contributed by atoms with van der Waals surface area (Å²) in [5.74, 6) is -0.619. The van der Waals surface area contributed by atoms with Crippen molar-refractivity contribution in [3.05, 3.63) is 88.3 Å². The highest BCUT2D eigenvalue weighted by molar-refractivity contribution is 6.31. The number of hydrogen-bond acceptors (Lipinski definition) is 3. The first kappa shape index (κ1) is 16.9. The molecule has 1 aromatic heterocycles. The number of pyridine rings is 1. The maximum atomic E-state index is 13.0. The molecule has 2 aromatic carbocycles. The second-order valence-electron chi connectivity index (χ2n) is 5.34. The monoisotopic (exact) mass is 356 g/mol. The van der Waals surface area contributed by atoms with E-state index in [0.29, 0.717) is 22.9 Å². The summed E-state index contributed by atoms with van der Waals surface area (Å²) in [6.07, 6.45) is 0.471. The van der Waals surface area contributed by atoms with Gasteiger partial charge in [0.15, 0.2) is 0 Å². The number of nitrogens with zero attached hydrogens (tertiary/aromatic N) is 1. The summed E-state index contributed by atoms with van der Waals surface area (Å²) < 4.78 is 18.6. The average molecular weight is 357 g/mol. The summed E-state index contributed by atoms with van der Waals surface area (Å²) in [5.41, 5.74) is 7.09. The Morgan fingerprint density at radius 3 is 2.48 bits per heavy atom. The fraction of sp³-hybridized carbons (Fsp3) is 0.0526. The predicted molar refractivity (Wildman–Crippen MR) is 93.5 cm³/mol. The van der Waals surface area contributed by atoms with Crippen LogP contribution in [-0.4, -0.2) is 10.9 Å². The number of benzene rings is 2. The van der Waals surface area contributed by atoms with Crippen LogP contribution in [-0.2, 0) is 6.42 Å². The third-order valence-corrected chi connectivity index (χ3v) is 3.91. The minimum absolute atomic E-state index is 0.0728. The molecule has 1 amide bonds. The van der Waals surface area contributed by atoms with Gasteiger partial charge in [-0.05, 0) is 48.0 Å². The molecule has 25 heavy (non-hydrogen) atoms. The van der Waals surface area contributed by atoms with Crippen molar-refractivity contribution in [2.24, 2.45) is 5.73 Å². The van der Waals surface area contributed by atoms with Crippen LogP contribution in [0, 0.1) is 5.82 Å². The maximum Gasteiger partial charge on any atom is 0.254 e. The minimum atomic E-state index is -0.658. The quantitative estimate of drug-likeness (QED) is 0.738. The van der Waals surface area contributed by atoms with Crippen LogP contribution in [0.15, 0.2) is 60.7 Å². The number of hydrogen-bond donors (Lipinski definition) is 1. The highest BCUT2D eigenvalue weighted by Gasteiger charge is 2.14. The van der Waals surface area contributed by atoms with E-state index in [1.54, 1.807) is 18.2 Å². The second kappa shape index (κ2) is 7.32. The van der Waals surface area contributed by atoms with E-state index in [1.165, 1.54) is 24.3 Å². The summed E-state index contributed by atoms with van der Waals surface area (Å²) >= 11 is 6.17. The van der Waals surface area contributed by atoms with Crippen LogP contribution < -0.4 is 10.5 Å². The molecule has 0 radical (unpaired) electrons. The first-order valence-corrected chi connectivity index (χ1v) is 7.87. The lowest BCUT2D eigenvalue weighted by Gasteiger charge is -2.11. The zero-order chi connectivity index (χ0) is 17.8. The molecule has 0 spiro atoms. The molecule has 0 bridgehead atoms. The van der Waals surface area contributed by atoms with Gasteiger partial charge >= 0.3 is 0 Å². The van der Waals surface area contributed by atoms with Crippen LogP contribution in [0.4, 0.5) is 4.39 Å². The van der Waals surface area contributed by atoms with Crippen LogP contribution in [0.25, 0.3) is 0 Å². The van der Waals surface area contributed by atoms with Crippen molar-refractivity contribution in [3.8, 4) is 11.6 Å². The zero-order valence-electron chi connectivity index (χ0n) is 13.1. The molecular weight excluding hydrogens is 343 g/mol. The smallest absolute Gasteiger partial charge is 0.254 e. The Bertz CT molecular complexity index is 914. The largest absolute Gasteiger partial charge is 0.438 e. The van der Waals surface area contributed by atoms with E-state index in [0.717, 1.165) is 5.56 Å². The normalized spacial score (nSPS) is 10.5. The zero-order valence-corrected chi connectivity index (χ0v) is 13.8. The number of ether oxygens (including phenoxy) is 1. The van der Waals surface area contributed by atoms with Gasteiger partial charge in [-0.2, -0.15) is 0 Å². The van der Waals surface area contributed by atoms with Crippen LogP contribution in [0.1, 0.15) is 21.6 Å². The summed E-state index contributed by atoms with van der Waals surface area (Å²) in [4.78, 5) is 16.0. The molecule has 0 atom stereocenters. The summed E-state index contributed by atoms with van der Waals surface area (Å²) in [7, 11) is 0. The lowest BCUT2D eigenvalue weighted by atomic mass is 10.1. The van der Waals surface area contributed by atoms with E-state index in [4.69, 9.17) is 22.1 Å². The minimum Gasteiger partial charge on any atom is -0.438 e. The highest BCUT2D eigenvalue weighted by Crippen LogP contribution is 2.25. The highest BCUT2D eigenvalue weighted by atomic mass is 35.5. The third kappa shape index (κ3) is 4.14. The number of primary amides is 1. The topological polar surface area (TPSA) is 65.2 Å². The van der Waals surface area contributed by atoms with Crippen molar-refractivity contribution in [2.75, 3.05) is 0 Å². The number of amides is 1. The Balaban J connectivity index is 1.93. The van der Waals surface area contributed by atoms with E-state index in [-0.39, 0.29) is 17.3 Å². The lowest BCUT2D eigenvalue weighted by molar-refractivity contribution is 0.0997. The number of carbonyl (C=O) groups is 1. The summed E-state index contributed by atoms with van der Waals surface area (Å²) in [5, 5.41) is 0.629. The first-order valence-electron chi connectivity index (χ1n) is 7.49. The molecule has 126 valence electrons. The van der Waals surface area contributed by atoms with Crippen molar-refractivity contribution < 1.29 is 13.9 Å². The van der Waals surface area contributed by atoms with Gasteiger partial charge in [0.05, 0.1) is 0 Å². The van der Waals surface area contributed by atoms with Crippen molar-refractivity contribution in [2.45, 2.75) is 6.42 Å². The average Bonchev–Trinajstić information content (AvgIpc) is 2.59. The van der Waals surface area contributed by atoms with Gasteiger partial charge in [-0.15, -0.1) is 0 Å². The Morgan fingerprint density at radius 2 is 1.80 bits per heavy atom. The Labute approximate surface area is 149 Å². The fourth-order valence-corrected chi connectivity index (χ4v) is 2.50. The van der Waals surface area contributed by atoms with Gasteiger partial charge in [0.1, 0.15) is 17.1 Å². The molecule has 0 unspecified atom stereocenters. The van der Waals surface area contributed by atoms with Gasteiger partial charge < -0.3 is 10.5 Å². The van der Waals surface area contributed by atoms with Crippen LogP contribution in [0.2, 0.25) is 5.02 Å². The van der Waals surface area contributed by atoms with E-state index in [9.17, 15) is 9.18 Å². The van der Waals surface area contributed by atoms with Crippen molar-refractivity contribution >= 4 is 17.5 Å². The van der Waals surface area contributed by atoms with Crippen molar-refractivity contribution in [1.82, 2.24) is 4.98 Å². The lowest BCUT2D eigenvalue weighted by Crippen LogP contribution is -2.13. The Kier molecular flexibility index (Phi) is 4.95. The summed E-state index contributed by atoms with van der Waals surface area (Å²) in [6, 6.07) is 16.1. The number of nitrogens with two attached hydrogens (primary N) is 1. The Morgan fingerprint density at radius 1 is 1.08 bits per heavy atom. The molecule has 0 aliphatic heterocycles. The van der Waals surface area contributed by atoms with Gasteiger partial charge in [0.25, 0.3) is 5.91 Å². The molecule has 3 rings (SSSR count). The molecule has 0 fully saturated rings. The first-order chi connectivity index (χ1) is 12.0. The van der Waals surface area contributed by atoms with E-state index in [2.05, 4.69) is 4.98 Å². The predicted octanol–water partition coefficient (Wildman–Crippen LogP) is 4.36. The van der Waals surface area contributed by atoms with Gasteiger partial charge in [-0.3, -0.25) is 4.79 Å². The molecule has 4 nitrogen and oxygen atoms in total. The molecule has 6 heteroatoms. The Hall–Kier alpha value is -2.92. The van der Waals surface area contributed by atoms with Gasteiger partial charge in [-0.1, -0.05) is 29.8 Å². The molecule has 0 saturated carbocycles. The van der Waals surface area contributed by atoms with E-state index in [1.807, 2.05) is 18.2 Å². The van der Waals surface area contributed by atoms with Crippen LogP contribution in [0.3, 0.4) is 0 Å². The van der Waals surface area contributed by atoms with Gasteiger partial charge in [-0.25, -0.2) is 9.37 Å². The summed E-state index contributed by atoms with van der Waals surface area (Å²) in [6.45, 7) is 0. The molecule has 0 saturated heterocycles. The number of carbonyl (C=O) groups excluding carboxylic acids is 1. The molecule has 2 N–H and O–H groups in total. The number of aromatic nitrogens is 1. The van der Waals surface area contributed by atoms with Crippen LogP contribution >= 0.6 is 11.6 Å². The van der Waals surface area contributed by atoms with Crippen LogP contribution in [0.5, 0.6) is 11.6 Å². The molecule has 3 aromatic rings. The fourth-order valence-electron chi connectivity index (χ4n) is 2.29. The van der Waals surface area contributed by atoms with Gasteiger partial charge in [0.2, 0.25) is 5.88 Å². The van der Waals surface area contributed by atoms with E-state index >= 15 is 0 Å². The van der Waals surface area contributed by atoms with Crippen molar-refractivity contribution in [1.29, 1.82) is 0 Å². The molecule has 0 aliphatic carbocycles. The van der Waals surface area contributed by atoms with E-state index < -0.39 is 5.91 Å². The number of rotatable bonds is 5. The molecule has 0 aliphatic rings. The molecule has 1 heterocycles.